The lowest BCUT2D eigenvalue weighted by molar-refractivity contribution is -0.118. The zero-order chi connectivity index (χ0) is 12.0. The average molecular weight is 243 g/mol. The Kier molecular flexibility index (Phi) is 4.71. The van der Waals surface area contributed by atoms with Crippen LogP contribution in [-0.2, 0) is 9.53 Å². The second kappa shape index (κ2) is 6.06. The number of esters is 1. The predicted octanol–water partition coefficient (Wildman–Crippen LogP) is 0.607. The summed E-state index contributed by atoms with van der Waals surface area (Å²) < 4.78 is 4.55. The zero-order valence-electron chi connectivity index (χ0n) is 8.86. The smallest absolute Gasteiger partial charge is 0.349 e. The molecule has 0 fully saturated rings. The van der Waals surface area contributed by atoms with E-state index in [1.54, 1.807) is 0 Å². The van der Waals surface area contributed by atoms with Gasteiger partial charge in [-0.3, -0.25) is 4.79 Å². The van der Waals surface area contributed by atoms with Crippen molar-refractivity contribution in [3.8, 4) is 0 Å². The van der Waals surface area contributed by atoms with Gasteiger partial charge in [0.2, 0.25) is 5.91 Å². The van der Waals surface area contributed by atoms with Crippen LogP contribution in [0.4, 0.5) is 5.13 Å². The van der Waals surface area contributed by atoms with Crippen molar-refractivity contribution in [1.82, 2.24) is 4.98 Å². The van der Waals surface area contributed by atoms with Crippen molar-refractivity contribution in [3.63, 3.8) is 0 Å². The summed E-state index contributed by atoms with van der Waals surface area (Å²) in [5.41, 5.74) is 4.99. The molecular formula is C9H13N3O3S. The van der Waals surface area contributed by atoms with Crippen molar-refractivity contribution in [2.75, 3.05) is 19.0 Å². The number of aromatic nitrogens is 1. The van der Waals surface area contributed by atoms with Crippen LogP contribution in [0.3, 0.4) is 0 Å². The van der Waals surface area contributed by atoms with Gasteiger partial charge in [0.1, 0.15) is 4.88 Å². The van der Waals surface area contributed by atoms with Gasteiger partial charge in [-0.1, -0.05) is 11.3 Å². The molecule has 0 bridgehead atoms. The number of thiazole rings is 1. The fourth-order valence-corrected chi connectivity index (χ4v) is 1.77. The van der Waals surface area contributed by atoms with Crippen LogP contribution in [0.25, 0.3) is 0 Å². The summed E-state index contributed by atoms with van der Waals surface area (Å²) in [6.45, 7) is 0.594. The summed E-state index contributed by atoms with van der Waals surface area (Å²) in [7, 11) is 1.32. The molecule has 7 heteroatoms. The van der Waals surface area contributed by atoms with E-state index in [1.165, 1.54) is 24.6 Å². The van der Waals surface area contributed by atoms with Crippen molar-refractivity contribution >= 4 is 28.3 Å². The first kappa shape index (κ1) is 12.4. The second-order valence-electron chi connectivity index (χ2n) is 3.02. The molecule has 0 saturated heterocycles. The third kappa shape index (κ3) is 3.85. The molecule has 0 aliphatic heterocycles. The number of ether oxygens (including phenoxy) is 1. The van der Waals surface area contributed by atoms with Gasteiger partial charge in [-0.2, -0.15) is 0 Å². The van der Waals surface area contributed by atoms with Crippen LogP contribution in [0.15, 0.2) is 6.20 Å². The Labute approximate surface area is 96.8 Å². The van der Waals surface area contributed by atoms with Gasteiger partial charge in [0, 0.05) is 13.0 Å². The molecule has 6 nitrogen and oxygen atoms in total. The highest BCUT2D eigenvalue weighted by atomic mass is 32.1. The Morgan fingerprint density at radius 1 is 1.62 bits per heavy atom. The molecule has 1 amide bonds. The van der Waals surface area contributed by atoms with Gasteiger partial charge >= 0.3 is 5.97 Å². The molecule has 0 aliphatic carbocycles. The monoisotopic (exact) mass is 243 g/mol. The minimum Gasteiger partial charge on any atom is -0.465 e. The molecule has 0 unspecified atom stereocenters. The van der Waals surface area contributed by atoms with Crippen molar-refractivity contribution < 1.29 is 14.3 Å². The first-order valence-electron chi connectivity index (χ1n) is 4.70. The largest absolute Gasteiger partial charge is 0.465 e. The molecule has 0 spiro atoms. The summed E-state index contributed by atoms with van der Waals surface area (Å²) in [5.74, 6) is -0.723. The van der Waals surface area contributed by atoms with Gasteiger partial charge in [0.05, 0.1) is 13.3 Å². The van der Waals surface area contributed by atoms with Crippen LogP contribution in [-0.4, -0.2) is 30.5 Å². The van der Waals surface area contributed by atoms with Crippen molar-refractivity contribution in [1.29, 1.82) is 0 Å². The fraction of sp³-hybridized carbons (Fsp3) is 0.444. The maximum Gasteiger partial charge on any atom is 0.349 e. The van der Waals surface area contributed by atoms with Crippen molar-refractivity contribution in [2.45, 2.75) is 12.8 Å². The topological polar surface area (TPSA) is 94.3 Å². The van der Waals surface area contributed by atoms with E-state index in [9.17, 15) is 9.59 Å². The number of carbonyl (C=O) groups excluding carboxylic acids is 2. The minimum atomic E-state index is -0.400. The summed E-state index contributed by atoms with van der Waals surface area (Å²) in [5, 5.41) is 3.62. The Morgan fingerprint density at radius 2 is 2.38 bits per heavy atom. The number of anilines is 1. The van der Waals surface area contributed by atoms with E-state index in [0.717, 1.165) is 0 Å². The number of amides is 1. The van der Waals surface area contributed by atoms with E-state index in [1.807, 2.05) is 0 Å². The van der Waals surface area contributed by atoms with Crippen molar-refractivity contribution in [2.24, 2.45) is 5.73 Å². The lowest BCUT2D eigenvalue weighted by Gasteiger charge is -1.99. The summed E-state index contributed by atoms with van der Waals surface area (Å²) >= 11 is 1.21. The minimum absolute atomic E-state index is 0.323. The molecule has 0 radical (unpaired) electrons. The highest BCUT2D eigenvalue weighted by Gasteiger charge is 2.09. The Bertz CT molecular complexity index is 378. The molecule has 3 N–H and O–H groups in total. The molecule has 0 saturated carbocycles. The number of hydrogen-bond donors (Lipinski definition) is 2. The third-order valence-electron chi connectivity index (χ3n) is 1.77. The predicted molar refractivity (Wildman–Crippen MR) is 60.4 cm³/mol. The number of nitrogens with two attached hydrogens (primary N) is 1. The Balaban J connectivity index is 2.35. The van der Waals surface area contributed by atoms with Gasteiger partial charge in [0.15, 0.2) is 5.13 Å². The third-order valence-corrected chi connectivity index (χ3v) is 2.70. The quantitative estimate of drug-likeness (QED) is 0.564. The maximum absolute atomic E-state index is 11.1. The van der Waals surface area contributed by atoms with Gasteiger partial charge in [0.25, 0.3) is 0 Å². The molecule has 1 aromatic heterocycles. The first-order valence-corrected chi connectivity index (χ1v) is 5.51. The molecule has 1 aromatic rings. The Morgan fingerprint density at radius 3 is 3.00 bits per heavy atom. The molecule has 88 valence electrons. The number of methoxy groups -OCH3 is 1. The standard InChI is InChI=1S/C9H13N3O3S/c1-15-8(14)6-5-12-9(16-6)11-4-2-3-7(10)13/h5H,2-4H2,1H3,(H2,10,13)(H,11,12). The number of hydrogen-bond acceptors (Lipinski definition) is 6. The molecule has 0 atom stereocenters. The number of nitrogens with zero attached hydrogens (tertiary/aromatic N) is 1. The van der Waals surface area contributed by atoms with E-state index in [4.69, 9.17) is 5.73 Å². The number of primary amides is 1. The lowest BCUT2D eigenvalue weighted by atomic mass is 10.3. The van der Waals surface area contributed by atoms with Crippen LogP contribution in [0.2, 0.25) is 0 Å². The summed E-state index contributed by atoms with van der Waals surface area (Å²) in [6.07, 6.45) is 2.43. The van der Waals surface area contributed by atoms with E-state index in [0.29, 0.717) is 29.4 Å². The molecule has 16 heavy (non-hydrogen) atoms. The van der Waals surface area contributed by atoms with Crippen LogP contribution in [0.5, 0.6) is 0 Å². The summed E-state index contributed by atoms with van der Waals surface area (Å²) in [6, 6.07) is 0. The zero-order valence-corrected chi connectivity index (χ0v) is 9.67. The SMILES string of the molecule is COC(=O)c1cnc(NCCCC(N)=O)s1. The van der Waals surface area contributed by atoms with Crippen LogP contribution in [0.1, 0.15) is 22.5 Å². The molecule has 0 aliphatic rings. The maximum atomic E-state index is 11.1. The number of nitrogens with one attached hydrogen (secondary N) is 1. The van der Waals surface area contributed by atoms with Crippen LogP contribution >= 0.6 is 11.3 Å². The average Bonchev–Trinajstić information content (AvgIpc) is 2.71. The molecule has 0 aromatic carbocycles. The number of rotatable bonds is 6. The molecule has 1 rings (SSSR count). The first-order chi connectivity index (χ1) is 7.63. The van der Waals surface area contributed by atoms with E-state index >= 15 is 0 Å². The Hall–Kier alpha value is -1.63. The van der Waals surface area contributed by atoms with Crippen LogP contribution in [0, 0.1) is 0 Å². The lowest BCUT2D eigenvalue weighted by Crippen LogP contribution is -2.12. The highest BCUT2D eigenvalue weighted by Crippen LogP contribution is 2.18. The summed E-state index contributed by atoms with van der Waals surface area (Å²) in [4.78, 5) is 26.0. The van der Waals surface area contributed by atoms with E-state index in [2.05, 4.69) is 15.0 Å². The van der Waals surface area contributed by atoms with E-state index in [-0.39, 0.29) is 5.91 Å². The highest BCUT2D eigenvalue weighted by molar-refractivity contribution is 7.17. The van der Waals surface area contributed by atoms with Gasteiger partial charge < -0.3 is 15.8 Å². The fourth-order valence-electron chi connectivity index (χ4n) is 1.01. The molecule has 1 heterocycles. The van der Waals surface area contributed by atoms with Gasteiger partial charge in [-0.05, 0) is 6.42 Å². The van der Waals surface area contributed by atoms with Crippen molar-refractivity contribution in [3.05, 3.63) is 11.1 Å². The van der Waals surface area contributed by atoms with Gasteiger partial charge in [-0.15, -0.1) is 0 Å². The van der Waals surface area contributed by atoms with Gasteiger partial charge in [-0.25, -0.2) is 9.78 Å². The van der Waals surface area contributed by atoms with E-state index < -0.39 is 5.97 Å². The van der Waals surface area contributed by atoms with Crippen LogP contribution < -0.4 is 11.1 Å². The molecular weight excluding hydrogens is 230 g/mol. The normalized spacial score (nSPS) is 9.81. The number of carbonyl (C=O) groups is 2. The second-order valence-corrected chi connectivity index (χ2v) is 4.05.